The second-order valence-corrected chi connectivity index (χ2v) is 4.33. The molecule has 0 saturated heterocycles. The summed E-state index contributed by atoms with van der Waals surface area (Å²) in [5, 5.41) is 9.75. The van der Waals surface area contributed by atoms with Crippen LogP contribution < -0.4 is 5.73 Å². The molecule has 5 heteroatoms. The van der Waals surface area contributed by atoms with E-state index in [0.717, 1.165) is 5.56 Å². The van der Waals surface area contributed by atoms with Crippen molar-refractivity contribution in [3.8, 4) is 5.75 Å². The summed E-state index contributed by atoms with van der Waals surface area (Å²) in [6.45, 7) is 3.48. The van der Waals surface area contributed by atoms with Gasteiger partial charge in [-0.2, -0.15) is 0 Å². The molecule has 1 rings (SSSR count). The molecule has 0 saturated carbocycles. The highest BCUT2D eigenvalue weighted by Crippen LogP contribution is 2.26. The number of carbonyl (C=O) groups excluding carboxylic acids is 1. The molecule has 0 aliphatic carbocycles. The van der Waals surface area contributed by atoms with Crippen molar-refractivity contribution in [2.24, 2.45) is 5.73 Å². The Balaban J connectivity index is 2.97. The minimum Gasteiger partial charge on any atom is -0.506 e. The third kappa shape index (κ3) is 2.94. The number of nitrogens with zero attached hydrogens (tertiary/aromatic N) is 1. The highest BCUT2D eigenvalue weighted by Gasteiger charge is 2.10. The maximum Gasteiger partial charge on any atom is 0.186 e. The van der Waals surface area contributed by atoms with E-state index in [0.29, 0.717) is 17.0 Å². The molecule has 0 aromatic carbocycles. The van der Waals surface area contributed by atoms with Gasteiger partial charge in [0.25, 0.3) is 0 Å². The Hall–Kier alpha value is -1.07. The maximum absolute atomic E-state index is 10.8. The van der Waals surface area contributed by atoms with Crippen LogP contribution in [0.1, 0.15) is 23.7 Å². The second kappa shape index (κ2) is 5.14. The fourth-order valence-electron chi connectivity index (χ4n) is 1.22. The molecular formula is C10H14N2O2S. The molecule has 0 bridgehead atoms. The molecular weight excluding hydrogens is 212 g/mol. The number of rotatable bonds is 3. The molecule has 0 fully saturated rings. The van der Waals surface area contributed by atoms with Crippen LogP contribution in [0.4, 0.5) is 0 Å². The number of carbonyl (C=O) groups is 1. The van der Waals surface area contributed by atoms with E-state index in [4.69, 9.17) is 5.73 Å². The van der Waals surface area contributed by atoms with Crippen molar-refractivity contribution in [1.82, 2.24) is 4.98 Å². The van der Waals surface area contributed by atoms with Gasteiger partial charge in [0.1, 0.15) is 5.75 Å². The van der Waals surface area contributed by atoms with Gasteiger partial charge in [-0.25, -0.2) is 0 Å². The summed E-state index contributed by atoms with van der Waals surface area (Å²) < 4.78 is 0. The zero-order valence-corrected chi connectivity index (χ0v) is 9.60. The number of pyridine rings is 1. The van der Waals surface area contributed by atoms with Gasteiger partial charge >= 0.3 is 0 Å². The van der Waals surface area contributed by atoms with Crippen molar-refractivity contribution in [2.75, 3.05) is 0 Å². The molecule has 0 aliphatic heterocycles. The molecule has 1 aromatic heterocycles. The lowest BCUT2D eigenvalue weighted by atomic mass is 10.1. The van der Waals surface area contributed by atoms with Crippen LogP contribution in [-0.2, 0) is 17.1 Å². The van der Waals surface area contributed by atoms with Gasteiger partial charge in [0, 0.05) is 31.0 Å². The van der Waals surface area contributed by atoms with Gasteiger partial charge in [-0.1, -0.05) is 11.8 Å². The van der Waals surface area contributed by atoms with Crippen LogP contribution in [0.15, 0.2) is 6.20 Å². The Kier molecular flexibility index (Phi) is 4.11. The van der Waals surface area contributed by atoms with E-state index in [1.165, 1.54) is 18.7 Å². The number of aryl methyl sites for hydroxylation is 1. The molecule has 4 nitrogen and oxygen atoms in total. The minimum atomic E-state index is 0.0398. The first-order valence-corrected chi connectivity index (χ1v) is 5.54. The lowest BCUT2D eigenvalue weighted by Gasteiger charge is -2.09. The van der Waals surface area contributed by atoms with Gasteiger partial charge in [-0.15, -0.1) is 0 Å². The SMILES string of the molecule is CC(=O)SCc1cnc(C)c(O)c1CN. The standard InChI is InChI=1S/C10H14N2O2S/c1-6-10(14)9(3-11)8(4-12-6)5-15-7(2)13/h4,14H,3,5,11H2,1-2H3. The molecule has 0 unspecified atom stereocenters. The molecule has 1 heterocycles. The van der Waals surface area contributed by atoms with Crippen molar-refractivity contribution >= 4 is 16.9 Å². The lowest BCUT2D eigenvalue weighted by molar-refractivity contribution is -0.109. The second-order valence-electron chi connectivity index (χ2n) is 3.18. The van der Waals surface area contributed by atoms with E-state index in [-0.39, 0.29) is 17.4 Å². The smallest absolute Gasteiger partial charge is 0.186 e. The number of thioether (sulfide) groups is 1. The van der Waals surface area contributed by atoms with Crippen molar-refractivity contribution in [3.05, 3.63) is 23.0 Å². The first-order valence-electron chi connectivity index (χ1n) is 4.56. The Morgan fingerprint density at radius 1 is 1.67 bits per heavy atom. The largest absolute Gasteiger partial charge is 0.506 e. The predicted molar refractivity (Wildman–Crippen MR) is 60.5 cm³/mol. The molecule has 82 valence electrons. The third-order valence-electron chi connectivity index (χ3n) is 2.07. The van der Waals surface area contributed by atoms with Crippen LogP contribution in [0.25, 0.3) is 0 Å². The Labute approximate surface area is 92.9 Å². The van der Waals surface area contributed by atoms with Crippen molar-refractivity contribution < 1.29 is 9.90 Å². The highest BCUT2D eigenvalue weighted by molar-refractivity contribution is 8.12. The molecule has 1 aromatic rings. The van der Waals surface area contributed by atoms with Gasteiger partial charge in [0.05, 0.1) is 5.69 Å². The maximum atomic E-state index is 10.8. The zero-order chi connectivity index (χ0) is 11.4. The number of aromatic hydroxyl groups is 1. The summed E-state index contributed by atoms with van der Waals surface area (Å²) in [4.78, 5) is 14.9. The average molecular weight is 226 g/mol. The Morgan fingerprint density at radius 2 is 2.33 bits per heavy atom. The summed E-state index contributed by atoms with van der Waals surface area (Å²) >= 11 is 1.18. The topological polar surface area (TPSA) is 76.2 Å². The molecule has 0 radical (unpaired) electrons. The molecule has 15 heavy (non-hydrogen) atoms. The minimum absolute atomic E-state index is 0.0398. The molecule has 3 N–H and O–H groups in total. The Morgan fingerprint density at radius 3 is 2.87 bits per heavy atom. The van der Waals surface area contributed by atoms with E-state index >= 15 is 0 Å². The molecule has 0 atom stereocenters. The summed E-state index contributed by atoms with van der Waals surface area (Å²) in [6, 6.07) is 0. The van der Waals surface area contributed by atoms with E-state index in [1.807, 2.05) is 0 Å². The van der Waals surface area contributed by atoms with E-state index in [2.05, 4.69) is 4.98 Å². The van der Waals surface area contributed by atoms with Crippen molar-refractivity contribution in [2.45, 2.75) is 26.1 Å². The van der Waals surface area contributed by atoms with Crippen LogP contribution in [0, 0.1) is 6.92 Å². The normalized spacial score (nSPS) is 10.3. The van der Waals surface area contributed by atoms with Gasteiger partial charge < -0.3 is 10.8 Å². The summed E-state index contributed by atoms with van der Waals surface area (Å²) in [5.74, 6) is 0.641. The quantitative estimate of drug-likeness (QED) is 0.813. The van der Waals surface area contributed by atoms with Gasteiger partial charge in [-0.3, -0.25) is 9.78 Å². The zero-order valence-electron chi connectivity index (χ0n) is 8.78. The van der Waals surface area contributed by atoms with Gasteiger partial charge in [0.15, 0.2) is 5.12 Å². The molecule has 0 aliphatic rings. The van der Waals surface area contributed by atoms with Crippen LogP contribution in [0.5, 0.6) is 5.75 Å². The summed E-state index contributed by atoms with van der Waals surface area (Å²) in [6.07, 6.45) is 1.66. The molecule has 0 spiro atoms. The van der Waals surface area contributed by atoms with Crippen molar-refractivity contribution in [3.63, 3.8) is 0 Å². The number of nitrogens with two attached hydrogens (primary N) is 1. The van der Waals surface area contributed by atoms with E-state index in [9.17, 15) is 9.90 Å². The van der Waals surface area contributed by atoms with E-state index in [1.54, 1.807) is 13.1 Å². The van der Waals surface area contributed by atoms with Gasteiger partial charge in [0.2, 0.25) is 0 Å². The van der Waals surface area contributed by atoms with Crippen LogP contribution in [0.2, 0.25) is 0 Å². The van der Waals surface area contributed by atoms with Crippen molar-refractivity contribution in [1.29, 1.82) is 0 Å². The fraction of sp³-hybridized carbons (Fsp3) is 0.400. The van der Waals surface area contributed by atoms with E-state index < -0.39 is 0 Å². The number of hydrogen-bond donors (Lipinski definition) is 2. The Bertz CT molecular complexity index is 380. The average Bonchev–Trinajstić information content (AvgIpc) is 2.19. The number of hydrogen-bond acceptors (Lipinski definition) is 5. The van der Waals surface area contributed by atoms with Crippen LogP contribution in [-0.4, -0.2) is 15.2 Å². The lowest BCUT2D eigenvalue weighted by Crippen LogP contribution is -2.04. The van der Waals surface area contributed by atoms with Crippen LogP contribution in [0.3, 0.4) is 0 Å². The molecule has 0 amide bonds. The van der Waals surface area contributed by atoms with Crippen LogP contribution >= 0.6 is 11.8 Å². The number of aromatic nitrogens is 1. The summed E-state index contributed by atoms with van der Waals surface area (Å²) in [7, 11) is 0. The fourth-order valence-corrected chi connectivity index (χ4v) is 1.82. The predicted octanol–water partition coefficient (Wildman–Crippen LogP) is 1.33. The first-order chi connectivity index (χ1) is 7.06. The monoisotopic (exact) mass is 226 g/mol. The van der Waals surface area contributed by atoms with Gasteiger partial charge in [-0.05, 0) is 12.5 Å². The first kappa shape index (κ1) is 12.0. The highest BCUT2D eigenvalue weighted by atomic mass is 32.2. The summed E-state index contributed by atoms with van der Waals surface area (Å²) in [5.41, 5.74) is 7.60. The third-order valence-corrected chi connectivity index (χ3v) is 2.93.